The Morgan fingerprint density at radius 3 is 2.91 bits per heavy atom. The monoisotopic (exact) mass is 168 g/mol. The maximum absolute atomic E-state index is 5.31. The van der Waals surface area contributed by atoms with Crippen molar-refractivity contribution < 1.29 is 4.74 Å². The molecule has 60 valence electrons. The first-order valence-electron chi connectivity index (χ1n) is 3.62. The third kappa shape index (κ3) is 2.15. The van der Waals surface area contributed by atoms with Crippen LogP contribution in [0.25, 0.3) is 0 Å². The molecule has 2 heteroatoms. The number of rotatable bonds is 1. The average molecular weight is 168 g/mol. The molecule has 0 aromatic rings. The van der Waals surface area contributed by atoms with Crippen LogP contribution in [0.2, 0.25) is 0 Å². The zero-order valence-corrected chi connectivity index (χ0v) is 7.53. The molecule has 1 saturated heterocycles. The van der Waals surface area contributed by atoms with Gasteiger partial charge in [0.05, 0.1) is 6.61 Å². The van der Waals surface area contributed by atoms with Gasteiger partial charge in [-0.3, -0.25) is 0 Å². The van der Waals surface area contributed by atoms with E-state index >= 15 is 0 Å². The van der Waals surface area contributed by atoms with Gasteiger partial charge in [0.2, 0.25) is 0 Å². The molecule has 0 spiro atoms. The highest BCUT2D eigenvalue weighted by molar-refractivity contribution is 7.84. The van der Waals surface area contributed by atoms with Crippen molar-refractivity contribution in [1.82, 2.24) is 0 Å². The second-order valence-corrected chi connectivity index (χ2v) is 2.94. The van der Waals surface area contributed by atoms with Crippen LogP contribution in [0.3, 0.4) is 0 Å². The van der Waals surface area contributed by atoms with E-state index in [1.54, 1.807) is 0 Å². The Labute approximate surface area is 72.9 Å². The topological polar surface area (TPSA) is 9.23 Å². The van der Waals surface area contributed by atoms with Gasteiger partial charge in [-0.1, -0.05) is 12.7 Å². The summed E-state index contributed by atoms with van der Waals surface area (Å²) < 4.78 is 5.31. The summed E-state index contributed by atoms with van der Waals surface area (Å²) in [5.41, 5.74) is 1.07. The van der Waals surface area contributed by atoms with Crippen LogP contribution in [0.15, 0.2) is 35.0 Å². The number of thiol groups is 1. The van der Waals surface area contributed by atoms with Crippen LogP contribution in [0, 0.1) is 0 Å². The Bertz CT molecular complexity index is 226. The molecule has 1 aliphatic rings. The number of hydrogen-bond donors (Lipinski definition) is 1. The second-order valence-electron chi connectivity index (χ2n) is 2.42. The summed E-state index contributed by atoms with van der Waals surface area (Å²) in [5, 5.41) is 0. The molecule has 0 atom stereocenters. The van der Waals surface area contributed by atoms with E-state index in [-0.39, 0.29) is 0 Å². The van der Waals surface area contributed by atoms with Gasteiger partial charge >= 0.3 is 0 Å². The minimum Gasteiger partial charge on any atom is -0.493 e. The summed E-state index contributed by atoms with van der Waals surface area (Å²) in [4.78, 5) is 0.919. The quantitative estimate of drug-likeness (QED) is 0.592. The maximum atomic E-state index is 5.31. The molecule has 0 saturated carbocycles. The van der Waals surface area contributed by atoms with Crippen LogP contribution in [-0.4, -0.2) is 6.61 Å². The van der Waals surface area contributed by atoms with Crippen molar-refractivity contribution in [3.8, 4) is 0 Å². The molecule has 0 aromatic heterocycles. The predicted molar refractivity (Wildman–Crippen MR) is 50.5 cm³/mol. The highest BCUT2D eigenvalue weighted by Crippen LogP contribution is 2.23. The van der Waals surface area contributed by atoms with E-state index in [0.717, 1.165) is 29.3 Å². The fourth-order valence-corrected chi connectivity index (χ4v) is 0.988. The lowest BCUT2D eigenvalue weighted by atomic mass is 10.2. The molecule has 1 heterocycles. The van der Waals surface area contributed by atoms with E-state index in [0.29, 0.717) is 0 Å². The number of allylic oxidation sites excluding steroid dienone is 3. The van der Waals surface area contributed by atoms with E-state index in [1.807, 2.05) is 19.1 Å². The average Bonchev–Trinajstić information content (AvgIpc) is 2.37. The van der Waals surface area contributed by atoms with Crippen molar-refractivity contribution in [2.24, 2.45) is 0 Å². The molecule has 11 heavy (non-hydrogen) atoms. The summed E-state index contributed by atoms with van der Waals surface area (Å²) in [6.45, 7) is 6.57. The molecule has 1 nitrogen and oxygen atoms in total. The summed E-state index contributed by atoms with van der Waals surface area (Å²) in [6, 6.07) is 0. The minimum absolute atomic E-state index is 0.759. The Kier molecular flexibility index (Phi) is 2.83. The fourth-order valence-electron chi connectivity index (χ4n) is 0.871. The van der Waals surface area contributed by atoms with Crippen molar-refractivity contribution in [1.29, 1.82) is 0 Å². The molecule has 0 bridgehead atoms. The van der Waals surface area contributed by atoms with Crippen molar-refractivity contribution in [2.45, 2.75) is 13.3 Å². The molecule has 0 aromatic carbocycles. The van der Waals surface area contributed by atoms with Crippen LogP contribution < -0.4 is 0 Å². The highest BCUT2D eigenvalue weighted by Gasteiger charge is 2.11. The Hall–Kier alpha value is -0.630. The van der Waals surface area contributed by atoms with Gasteiger partial charge in [-0.15, -0.1) is 12.6 Å². The first-order chi connectivity index (χ1) is 5.24. The van der Waals surface area contributed by atoms with Crippen molar-refractivity contribution in [3.63, 3.8) is 0 Å². The van der Waals surface area contributed by atoms with Gasteiger partial charge in [-0.25, -0.2) is 0 Å². The molecule has 0 unspecified atom stereocenters. The molecule has 1 aliphatic heterocycles. The summed E-state index contributed by atoms with van der Waals surface area (Å²) in [6.07, 6.45) is 4.76. The molecule has 0 amide bonds. The lowest BCUT2D eigenvalue weighted by Gasteiger charge is -1.97. The number of ether oxygens (including phenoxy) is 1. The van der Waals surface area contributed by atoms with Crippen molar-refractivity contribution in [3.05, 3.63) is 35.0 Å². The van der Waals surface area contributed by atoms with Crippen molar-refractivity contribution >= 4 is 12.6 Å². The van der Waals surface area contributed by atoms with Gasteiger partial charge in [0.1, 0.15) is 5.76 Å². The smallest absolute Gasteiger partial charge is 0.123 e. The third-order valence-electron chi connectivity index (χ3n) is 1.58. The van der Waals surface area contributed by atoms with Gasteiger partial charge in [0.25, 0.3) is 0 Å². The van der Waals surface area contributed by atoms with E-state index in [4.69, 9.17) is 4.74 Å². The number of hydrogen-bond acceptors (Lipinski definition) is 2. The molecule has 0 radical (unpaired) electrons. The Morgan fingerprint density at radius 1 is 1.73 bits per heavy atom. The van der Waals surface area contributed by atoms with E-state index in [1.165, 1.54) is 0 Å². The summed E-state index contributed by atoms with van der Waals surface area (Å²) >= 11 is 4.21. The normalized spacial score (nSPS) is 22.5. The Balaban J connectivity index is 2.73. The Morgan fingerprint density at radius 2 is 2.45 bits per heavy atom. The van der Waals surface area contributed by atoms with Gasteiger partial charge in [-0.05, 0) is 18.6 Å². The molecule has 1 rings (SSSR count). The largest absolute Gasteiger partial charge is 0.493 e. The van der Waals surface area contributed by atoms with E-state index in [9.17, 15) is 0 Å². The first-order valence-corrected chi connectivity index (χ1v) is 4.06. The van der Waals surface area contributed by atoms with Gasteiger partial charge in [0, 0.05) is 11.3 Å². The second kappa shape index (κ2) is 3.67. The molecule has 1 fully saturated rings. The van der Waals surface area contributed by atoms with Crippen LogP contribution in [0.4, 0.5) is 0 Å². The lowest BCUT2D eigenvalue weighted by Crippen LogP contribution is -1.79. The van der Waals surface area contributed by atoms with E-state index < -0.39 is 0 Å². The zero-order valence-electron chi connectivity index (χ0n) is 6.63. The van der Waals surface area contributed by atoms with Gasteiger partial charge in [0.15, 0.2) is 0 Å². The molecule has 0 N–H and O–H groups in total. The van der Waals surface area contributed by atoms with E-state index in [2.05, 4.69) is 19.2 Å². The SMILES string of the molecule is C=C1CCO/C1=C/C(S)=C\C. The first kappa shape index (κ1) is 8.47. The fraction of sp³-hybridized carbons (Fsp3) is 0.333. The highest BCUT2D eigenvalue weighted by atomic mass is 32.1. The zero-order chi connectivity index (χ0) is 8.27. The molecular formula is C9H12OS. The molecular weight excluding hydrogens is 156 g/mol. The predicted octanol–water partition coefficient (Wildman–Crippen LogP) is 2.68. The van der Waals surface area contributed by atoms with Crippen LogP contribution >= 0.6 is 12.6 Å². The van der Waals surface area contributed by atoms with Crippen molar-refractivity contribution in [2.75, 3.05) is 6.61 Å². The van der Waals surface area contributed by atoms with Crippen LogP contribution in [-0.2, 0) is 4.74 Å². The van der Waals surface area contributed by atoms with Gasteiger partial charge in [-0.2, -0.15) is 0 Å². The standard InChI is InChI=1S/C9H12OS/c1-3-8(11)6-9-7(2)4-5-10-9/h3,6,11H,2,4-5H2,1H3/b8-3+,9-6+. The third-order valence-corrected chi connectivity index (χ3v) is 1.97. The molecule has 0 aliphatic carbocycles. The van der Waals surface area contributed by atoms with Crippen LogP contribution in [0.1, 0.15) is 13.3 Å². The van der Waals surface area contributed by atoms with Gasteiger partial charge < -0.3 is 4.74 Å². The summed E-state index contributed by atoms with van der Waals surface area (Å²) in [7, 11) is 0. The van der Waals surface area contributed by atoms with Crippen LogP contribution in [0.5, 0.6) is 0 Å². The summed E-state index contributed by atoms with van der Waals surface area (Å²) in [5.74, 6) is 0.883. The maximum Gasteiger partial charge on any atom is 0.123 e. The minimum atomic E-state index is 0.759. The lowest BCUT2D eigenvalue weighted by molar-refractivity contribution is 0.265.